The Hall–Kier alpha value is -2.04. The summed E-state index contributed by atoms with van der Waals surface area (Å²) in [6.07, 6.45) is 7.08. The van der Waals surface area contributed by atoms with Gasteiger partial charge in [-0.1, -0.05) is 0 Å². The van der Waals surface area contributed by atoms with Gasteiger partial charge >= 0.3 is 5.97 Å². The number of furan rings is 1. The van der Waals surface area contributed by atoms with E-state index in [1.165, 1.54) is 13.2 Å². The molecule has 0 aliphatic carbocycles. The minimum absolute atomic E-state index is 0.188. The van der Waals surface area contributed by atoms with E-state index in [0.29, 0.717) is 18.7 Å². The Balaban J connectivity index is 2.05. The Morgan fingerprint density at radius 1 is 1.47 bits per heavy atom. The van der Waals surface area contributed by atoms with Gasteiger partial charge in [-0.25, -0.2) is 4.79 Å². The van der Waals surface area contributed by atoms with Crippen molar-refractivity contribution in [1.29, 1.82) is 0 Å². The highest BCUT2D eigenvalue weighted by Crippen LogP contribution is 2.18. The van der Waals surface area contributed by atoms with E-state index >= 15 is 0 Å². The lowest BCUT2D eigenvalue weighted by molar-refractivity contribution is -0.153. The second-order valence-corrected chi connectivity index (χ2v) is 4.42. The molecule has 1 fully saturated rings. The Kier molecular flexibility index (Phi) is 4.39. The van der Waals surface area contributed by atoms with Crippen LogP contribution in [0, 0.1) is 0 Å². The Bertz CT molecular complexity index is 464. The third-order valence-corrected chi connectivity index (χ3v) is 3.19. The number of rotatable bonds is 3. The summed E-state index contributed by atoms with van der Waals surface area (Å²) in [5.41, 5.74) is 0. The van der Waals surface area contributed by atoms with Gasteiger partial charge in [0.05, 0.1) is 13.4 Å². The molecule has 1 aliphatic heterocycles. The molecule has 1 saturated heterocycles. The highest BCUT2D eigenvalue weighted by Gasteiger charge is 2.31. The Labute approximate surface area is 111 Å². The number of nitrogens with zero attached hydrogens (tertiary/aromatic N) is 1. The van der Waals surface area contributed by atoms with Gasteiger partial charge < -0.3 is 14.1 Å². The molecule has 1 atom stereocenters. The van der Waals surface area contributed by atoms with Gasteiger partial charge in [0, 0.05) is 12.6 Å². The lowest BCUT2D eigenvalue weighted by Gasteiger charge is -2.32. The van der Waals surface area contributed by atoms with Crippen molar-refractivity contribution in [1.82, 2.24) is 4.90 Å². The Morgan fingerprint density at radius 3 is 3.00 bits per heavy atom. The first kappa shape index (κ1) is 13.4. The van der Waals surface area contributed by atoms with Gasteiger partial charge in [-0.2, -0.15) is 0 Å². The zero-order chi connectivity index (χ0) is 13.7. The number of amides is 1. The molecule has 1 aromatic heterocycles. The summed E-state index contributed by atoms with van der Waals surface area (Å²) in [5.74, 6) is 0.0749. The van der Waals surface area contributed by atoms with Crippen molar-refractivity contribution < 1.29 is 18.7 Å². The SMILES string of the molecule is COC(=O)[C@@H]1CCCCN1C(=O)/C=C/c1ccco1. The first-order valence-electron chi connectivity index (χ1n) is 6.32. The number of carbonyl (C=O) groups is 2. The third-order valence-electron chi connectivity index (χ3n) is 3.19. The topological polar surface area (TPSA) is 59.8 Å². The molecule has 2 heterocycles. The Morgan fingerprint density at radius 2 is 2.32 bits per heavy atom. The standard InChI is InChI=1S/C14H17NO4/c1-18-14(17)12-6-2-3-9-15(12)13(16)8-7-11-5-4-10-19-11/h4-5,7-8,10,12H,2-3,6,9H2,1H3/b8-7+/t12-/m0/s1. The fraction of sp³-hybridized carbons (Fsp3) is 0.429. The maximum absolute atomic E-state index is 12.1. The average molecular weight is 263 g/mol. The van der Waals surface area contributed by atoms with E-state index in [1.54, 1.807) is 29.4 Å². The molecule has 1 amide bonds. The average Bonchev–Trinajstić information content (AvgIpc) is 2.97. The predicted molar refractivity (Wildman–Crippen MR) is 69.1 cm³/mol. The number of esters is 1. The summed E-state index contributed by atoms with van der Waals surface area (Å²) >= 11 is 0. The molecule has 5 nitrogen and oxygen atoms in total. The molecule has 19 heavy (non-hydrogen) atoms. The van der Waals surface area contributed by atoms with Gasteiger partial charge in [-0.15, -0.1) is 0 Å². The van der Waals surface area contributed by atoms with Crippen LogP contribution in [-0.2, 0) is 14.3 Å². The van der Waals surface area contributed by atoms with Crippen LogP contribution in [0.15, 0.2) is 28.9 Å². The molecule has 0 unspecified atom stereocenters. The number of methoxy groups -OCH3 is 1. The van der Waals surface area contributed by atoms with Crippen LogP contribution in [-0.4, -0.2) is 36.5 Å². The van der Waals surface area contributed by atoms with Gasteiger partial charge in [0.1, 0.15) is 11.8 Å². The fourth-order valence-corrected chi connectivity index (χ4v) is 2.21. The number of hydrogen-bond donors (Lipinski definition) is 0. The van der Waals surface area contributed by atoms with Crippen LogP contribution in [0.2, 0.25) is 0 Å². The van der Waals surface area contributed by atoms with Crippen LogP contribution in [0.1, 0.15) is 25.0 Å². The number of carbonyl (C=O) groups excluding carboxylic acids is 2. The van der Waals surface area contributed by atoms with E-state index in [2.05, 4.69) is 0 Å². The van der Waals surface area contributed by atoms with Crippen LogP contribution < -0.4 is 0 Å². The molecular weight excluding hydrogens is 246 g/mol. The molecule has 102 valence electrons. The van der Waals surface area contributed by atoms with Crippen molar-refractivity contribution >= 4 is 18.0 Å². The van der Waals surface area contributed by atoms with E-state index in [-0.39, 0.29) is 11.9 Å². The highest BCUT2D eigenvalue weighted by molar-refractivity contribution is 5.94. The summed E-state index contributed by atoms with van der Waals surface area (Å²) in [6.45, 7) is 0.584. The predicted octanol–water partition coefficient (Wildman–Crippen LogP) is 1.85. The lowest BCUT2D eigenvalue weighted by Crippen LogP contribution is -2.47. The molecule has 0 bridgehead atoms. The number of piperidine rings is 1. The third kappa shape index (κ3) is 3.24. The van der Waals surface area contributed by atoms with Crippen LogP contribution in [0.25, 0.3) is 6.08 Å². The summed E-state index contributed by atoms with van der Waals surface area (Å²) in [4.78, 5) is 25.3. The quantitative estimate of drug-likeness (QED) is 0.617. The van der Waals surface area contributed by atoms with E-state index < -0.39 is 6.04 Å². The zero-order valence-electron chi connectivity index (χ0n) is 10.9. The van der Waals surface area contributed by atoms with Crippen molar-refractivity contribution in [2.24, 2.45) is 0 Å². The molecule has 0 N–H and O–H groups in total. The molecule has 1 aromatic rings. The van der Waals surface area contributed by atoms with Crippen LogP contribution in [0.5, 0.6) is 0 Å². The minimum Gasteiger partial charge on any atom is -0.467 e. The second-order valence-electron chi connectivity index (χ2n) is 4.42. The fourth-order valence-electron chi connectivity index (χ4n) is 2.21. The van der Waals surface area contributed by atoms with Crippen molar-refractivity contribution in [2.45, 2.75) is 25.3 Å². The molecule has 0 aromatic carbocycles. The summed E-state index contributed by atoms with van der Waals surface area (Å²) in [7, 11) is 1.35. The molecular formula is C14H17NO4. The van der Waals surface area contributed by atoms with Crippen LogP contribution >= 0.6 is 0 Å². The summed E-state index contributed by atoms with van der Waals surface area (Å²) < 4.78 is 9.86. The van der Waals surface area contributed by atoms with E-state index in [1.807, 2.05) is 0 Å². The first-order valence-corrected chi connectivity index (χ1v) is 6.32. The first-order chi connectivity index (χ1) is 9.22. The van der Waals surface area contributed by atoms with Crippen molar-refractivity contribution in [3.05, 3.63) is 30.2 Å². The summed E-state index contributed by atoms with van der Waals surface area (Å²) in [5, 5.41) is 0. The zero-order valence-corrected chi connectivity index (χ0v) is 10.9. The van der Waals surface area contributed by atoms with Gasteiger partial charge in [0.15, 0.2) is 0 Å². The van der Waals surface area contributed by atoms with Crippen molar-refractivity contribution in [2.75, 3.05) is 13.7 Å². The highest BCUT2D eigenvalue weighted by atomic mass is 16.5. The van der Waals surface area contributed by atoms with Crippen LogP contribution in [0.4, 0.5) is 0 Å². The molecule has 0 radical (unpaired) electrons. The normalized spacial score (nSPS) is 19.6. The minimum atomic E-state index is -0.465. The van der Waals surface area contributed by atoms with E-state index in [9.17, 15) is 9.59 Å². The van der Waals surface area contributed by atoms with E-state index in [4.69, 9.17) is 9.15 Å². The van der Waals surface area contributed by atoms with Gasteiger partial charge in [-0.3, -0.25) is 4.79 Å². The number of ether oxygens (including phenoxy) is 1. The monoisotopic (exact) mass is 263 g/mol. The molecule has 0 saturated carbocycles. The summed E-state index contributed by atoms with van der Waals surface area (Å²) in [6, 6.07) is 3.05. The molecule has 5 heteroatoms. The number of likely N-dealkylation sites (tertiary alicyclic amines) is 1. The molecule has 2 rings (SSSR count). The largest absolute Gasteiger partial charge is 0.467 e. The molecule has 1 aliphatic rings. The van der Waals surface area contributed by atoms with Crippen molar-refractivity contribution in [3.8, 4) is 0 Å². The second kappa shape index (κ2) is 6.22. The van der Waals surface area contributed by atoms with Gasteiger partial charge in [0.2, 0.25) is 5.91 Å². The van der Waals surface area contributed by atoms with Crippen molar-refractivity contribution in [3.63, 3.8) is 0 Å². The molecule has 0 spiro atoms. The van der Waals surface area contributed by atoms with Gasteiger partial charge in [-0.05, 0) is 37.5 Å². The lowest BCUT2D eigenvalue weighted by atomic mass is 10.0. The smallest absolute Gasteiger partial charge is 0.328 e. The maximum Gasteiger partial charge on any atom is 0.328 e. The number of hydrogen-bond acceptors (Lipinski definition) is 4. The van der Waals surface area contributed by atoms with Gasteiger partial charge in [0.25, 0.3) is 0 Å². The van der Waals surface area contributed by atoms with E-state index in [0.717, 1.165) is 12.8 Å². The maximum atomic E-state index is 12.1. The van der Waals surface area contributed by atoms with Crippen LogP contribution in [0.3, 0.4) is 0 Å².